The fourth-order valence-electron chi connectivity index (χ4n) is 6.55. The van der Waals surface area contributed by atoms with E-state index in [0.717, 1.165) is 37.2 Å². The molecule has 0 bridgehead atoms. The highest BCUT2D eigenvalue weighted by molar-refractivity contribution is 6.05. The van der Waals surface area contributed by atoms with E-state index in [0.29, 0.717) is 30.5 Å². The summed E-state index contributed by atoms with van der Waals surface area (Å²) in [4.78, 5) is 41.0. The van der Waals surface area contributed by atoms with Gasteiger partial charge in [-0.1, -0.05) is 30.3 Å². The van der Waals surface area contributed by atoms with Gasteiger partial charge in [-0.15, -0.1) is 0 Å². The van der Waals surface area contributed by atoms with Gasteiger partial charge in [0, 0.05) is 24.6 Å². The number of nitrogens with zero attached hydrogens (tertiary/aromatic N) is 2. The van der Waals surface area contributed by atoms with Gasteiger partial charge in [0.25, 0.3) is 5.91 Å². The molecule has 4 aliphatic rings. The first-order valence-corrected chi connectivity index (χ1v) is 13.3. The number of likely N-dealkylation sites (tertiary alicyclic amines) is 1. The van der Waals surface area contributed by atoms with E-state index in [9.17, 15) is 14.4 Å². The number of nitrogens with one attached hydrogen (secondary N) is 1. The normalized spacial score (nSPS) is 27.3. The molecule has 0 spiro atoms. The van der Waals surface area contributed by atoms with Crippen molar-refractivity contribution in [3.63, 3.8) is 0 Å². The molecule has 7 heteroatoms. The SMILES string of the molecule is O=C1CCC(N2Cc3cc(O[C@H]4CCC[C@H]4N4CCC(c5ccccc5)CC4)ccc3C2=O)C(=O)N1. The van der Waals surface area contributed by atoms with E-state index >= 15 is 0 Å². The minimum Gasteiger partial charge on any atom is -0.489 e. The van der Waals surface area contributed by atoms with E-state index in [2.05, 4.69) is 40.5 Å². The molecule has 2 aromatic carbocycles. The van der Waals surface area contributed by atoms with Crippen molar-refractivity contribution in [2.45, 2.75) is 75.6 Å². The van der Waals surface area contributed by atoms with Crippen LogP contribution in [0.3, 0.4) is 0 Å². The fraction of sp³-hybridized carbons (Fsp3) is 0.483. The van der Waals surface area contributed by atoms with Crippen molar-refractivity contribution >= 4 is 17.7 Å². The molecule has 3 heterocycles. The monoisotopic (exact) mass is 487 g/mol. The van der Waals surface area contributed by atoms with Gasteiger partial charge in [0.1, 0.15) is 17.9 Å². The van der Waals surface area contributed by atoms with Gasteiger partial charge in [-0.25, -0.2) is 0 Å². The summed E-state index contributed by atoms with van der Waals surface area (Å²) < 4.78 is 6.53. The molecule has 1 aliphatic carbocycles. The molecule has 3 amide bonds. The lowest BCUT2D eigenvalue weighted by atomic mass is 9.88. The number of rotatable bonds is 5. The van der Waals surface area contributed by atoms with Gasteiger partial charge in [0.2, 0.25) is 11.8 Å². The number of carbonyl (C=O) groups is 3. The van der Waals surface area contributed by atoms with Crippen LogP contribution >= 0.6 is 0 Å². The van der Waals surface area contributed by atoms with Gasteiger partial charge in [0.15, 0.2) is 0 Å². The summed E-state index contributed by atoms with van der Waals surface area (Å²) >= 11 is 0. The second kappa shape index (κ2) is 9.69. The molecule has 6 rings (SSSR count). The number of carbonyl (C=O) groups excluding carboxylic acids is 3. The summed E-state index contributed by atoms with van der Waals surface area (Å²) in [5, 5.41) is 2.36. The lowest BCUT2D eigenvalue weighted by molar-refractivity contribution is -0.136. The highest BCUT2D eigenvalue weighted by atomic mass is 16.5. The number of imide groups is 1. The number of ether oxygens (including phenoxy) is 1. The minimum absolute atomic E-state index is 0.147. The van der Waals surface area contributed by atoms with E-state index < -0.39 is 6.04 Å². The summed E-state index contributed by atoms with van der Waals surface area (Å²) in [7, 11) is 0. The zero-order valence-electron chi connectivity index (χ0n) is 20.5. The second-order valence-corrected chi connectivity index (χ2v) is 10.6. The summed E-state index contributed by atoms with van der Waals surface area (Å²) in [5.74, 6) is 0.638. The molecule has 3 aliphatic heterocycles. The number of piperidine rings is 2. The van der Waals surface area contributed by atoms with E-state index in [1.54, 1.807) is 4.90 Å². The molecule has 1 N–H and O–H groups in total. The largest absolute Gasteiger partial charge is 0.489 e. The molecule has 0 aromatic heterocycles. The Labute approximate surface area is 211 Å². The summed E-state index contributed by atoms with van der Waals surface area (Å²) in [6, 6.07) is 16.4. The van der Waals surface area contributed by atoms with E-state index in [-0.39, 0.29) is 30.2 Å². The van der Waals surface area contributed by atoms with Crippen molar-refractivity contribution in [2.75, 3.05) is 13.1 Å². The van der Waals surface area contributed by atoms with Crippen LogP contribution in [0.1, 0.15) is 72.3 Å². The third kappa shape index (κ3) is 4.41. The third-order valence-electron chi connectivity index (χ3n) is 8.47. The smallest absolute Gasteiger partial charge is 0.255 e. The predicted molar refractivity (Wildman–Crippen MR) is 135 cm³/mol. The van der Waals surface area contributed by atoms with Crippen LogP contribution in [-0.4, -0.2) is 58.8 Å². The molecule has 3 atom stereocenters. The Morgan fingerprint density at radius 3 is 2.47 bits per heavy atom. The van der Waals surface area contributed by atoms with Crippen LogP contribution in [0.25, 0.3) is 0 Å². The Morgan fingerprint density at radius 2 is 1.69 bits per heavy atom. The van der Waals surface area contributed by atoms with Gasteiger partial charge < -0.3 is 9.64 Å². The van der Waals surface area contributed by atoms with Crippen molar-refractivity contribution in [3.05, 3.63) is 65.2 Å². The highest BCUT2D eigenvalue weighted by Gasteiger charge is 2.40. The van der Waals surface area contributed by atoms with Gasteiger partial charge in [-0.05, 0) is 86.9 Å². The van der Waals surface area contributed by atoms with Crippen molar-refractivity contribution in [1.29, 1.82) is 0 Å². The Balaban J connectivity index is 1.09. The molecule has 0 radical (unpaired) electrons. The Hall–Kier alpha value is -3.19. The Kier molecular flexibility index (Phi) is 6.25. The maximum absolute atomic E-state index is 13.0. The van der Waals surface area contributed by atoms with Crippen molar-refractivity contribution < 1.29 is 19.1 Å². The quantitative estimate of drug-likeness (QED) is 0.652. The zero-order chi connectivity index (χ0) is 24.6. The summed E-state index contributed by atoms with van der Waals surface area (Å²) in [5.41, 5.74) is 2.97. The topological polar surface area (TPSA) is 79.0 Å². The first-order valence-electron chi connectivity index (χ1n) is 13.3. The molecule has 36 heavy (non-hydrogen) atoms. The number of hydrogen-bond acceptors (Lipinski definition) is 5. The van der Waals surface area contributed by atoms with Crippen molar-refractivity contribution in [3.8, 4) is 5.75 Å². The van der Waals surface area contributed by atoms with Gasteiger partial charge in [-0.2, -0.15) is 0 Å². The van der Waals surface area contributed by atoms with Crippen LogP contribution < -0.4 is 10.1 Å². The van der Waals surface area contributed by atoms with Gasteiger partial charge in [-0.3, -0.25) is 24.6 Å². The molecular weight excluding hydrogens is 454 g/mol. The van der Waals surface area contributed by atoms with Crippen molar-refractivity contribution in [1.82, 2.24) is 15.1 Å². The second-order valence-electron chi connectivity index (χ2n) is 10.6. The van der Waals surface area contributed by atoms with Crippen LogP contribution in [0.4, 0.5) is 0 Å². The zero-order valence-corrected chi connectivity index (χ0v) is 20.5. The lowest BCUT2D eigenvalue weighted by Gasteiger charge is -2.38. The predicted octanol–water partition coefficient (Wildman–Crippen LogP) is 3.63. The average molecular weight is 488 g/mol. The number of amides is 3. The lowest BCUT2D eigenvalue weighted by Crippen LogP contribution is -2.52. The number of hydrogen-bond donors (Lipinski definition) is 1. The van der Waals surface area contributed by atoms with Crippen LogP contribution in [-0.2, 0) is 16.1 Å². The Bertz CT molecular complexity index is 1160. The maximum atomic E-state index is 13.0. The van der Waals surface area contributed by atoms with Crippen molar-refractivity contribution in [2.24, 2.45) is 0 Å². The van der Waals surface area contributed by atoms with Gasteiger partial charge >= 0.3 is 0 Å². The highest BCUT2D eigenvalue weighted by Crippen LogP contribution is 2.36. The number of benzene rings is 2. The molecule has 2 aromatic rings. The minimum atomic E-state index is -0.593. The fourth-order valence-corrected chi connectivity index (χ4v) is 6.55. The van der Waals surface area contributed by atoms with Crippen LogP contribution in [0.2, 0.25) is 0 Å². The first kappa shape index (κ1) is 23.2. The first-order chi connectivity index (χ1) is 17.6. The van der Waals surface area contributed by atoms with Gasteiger partial charge in [0.05, 0.1) is 0 Å². The van der Waals surface area contributed by atoms with E-state index in [4.69, 9.17) is 4.74 Å². The van der Waals surface area contributed by atoms with E-state index in [1.165, 1.54) is 24.8 Å². The average Bonchev–Trinajstić information content (AvgIpc) is 3.49. The van der Waals surface area contributed by atoms with E-state index in [1.807, 2.05) is 18.2 Å². The van der Waals surface area contributed by atoms with Crippen LogP contribution in [0.15, 0.2) is 48.5 Å². The molecule has 2 saturated heterocycles. The molecule has 188 valence electrons. The summed E-state index contributed by atoms with van der Waals surface area (Å²) in [6.07, 6.45) is 6.53. The van der Waals surface area contributed by atoms with Crippen LogP contribution in [0, 0.1) is 0 Å². The van der Waals surface area contributed by atoms with Crippen LogP contribution in [0.5, 0.6) is 5.75 Å². The molecule has 7 nitrogen and oxygen atoms in total. The molecule has 3 fully saturated rings. The molecule has 1 unspecified atom stereocenters. The third-order valence-corrected chi connectivity index (χ3v) is 8.47. The summed E-state index contributed by atoms with van der Waals surface area (Å²) in [6.45, 7) is 2.58. The maximum Gasteiger partial charge on any atom is 0.255 e. The molecule has 1 saturated carbocycles. The standard InChI is InChI=1S/C29H33N3O4/c33-27-12-11-25(28(34)30-27)32-18-21-17-22(9-10-23(21)29(32)35)36-26-8-4-7-24(26)31-15-13-20(14-16-31)19-5-2-1-3-6-19/h1-3,5-6,9-10,17,20,24-26H,4,7-8,11-16,18H2,(H,30,33,34)/t24-,25?,26+/m1/s1. The number of fused-ring (bicyclic) bond motifs is 1. The molecular formula is C29H33N3O4. The Morgan fingerprint density at radius 1 is 0.889 bits per heavy atom.